The largest absolute Gasteiger partial charge is 0.369 e. The first kappa shape index (κ1) is 18.5. The van der Waals surface area contributed by atoms with Crippen molar-refractivity contribution in [2.75, 3.05) is 18.4 Å². The van der Waals surface area contributed by atoms with Crippen molar-refractivity contribution in [2.24, 2.45) is 11.7 Å². The summed E-state index contributed by atoms with van der Waals surface area (Å²) in [6, 6.07) is 5.89. The molecule has 0 spiro atoms. The number of anilines is 1. The normalized spacial score (nSPS) is 17.7. The Morgan fingerprint density at radius 1 is 1.21 bits per heavy atom. The molecule has 1 aromatic rings. The highest BCUT2D eigenvalue weighted by molar-refractivity contribution is 5.96. The molecule has 24 heavy (non-hydrogen) atoms. The number of nitrogens with two attached hydrogens (primary N) is 1. The van der Waals surface area contributed by atoms with Crippen LogP contribution in [0.2, 0.25) is 0 Å². The summed E-state index contributed by atoms with van der Waals surface area (Å²) in [6.45, 7) is 9.66. The van der Waals surface area contributed by atoms with Crippen molar-refractivity contribution in [1.82, 2.24) is 4.90 Å². The second kappa shape index (κ2) is 7.79. The van der Waals surface area contributed by atoms with E-state index >= 15 is 0 Å². The van der Waals surface area contributed by atoms with E-state index in [-0.39, 0.29) is 23.8 Å². The van der Waals surface area contributed by atoms with Crippen LogP contribution in [0.1, 0.15) is 50.7 Å². The molecule has 0 unspecified atom stereocenters. The highest BCUT2D eigenvalue weighted by Crippen LogP contribution is 2.28. The summed E-state index contributed by atoms with van der Waals surface area (Å²) in [5.74, 6) is 0.0687. The summed E-state index contributed by atoms with van der Waals surface area (Å²) in [7, 11) is 0. The van der Waals surface area contributed by atoms with Gasteiger partial charge in [0, 0.05) is 11.6 Å². The predicted octanol–water partition coefficient (Wildman–Crippen LogP) is 2.64. The van der Waals surface area contributed by atoms with Crippen molar-refractivity contribution in [3.63, 3.8) is 0 Å². The van der Waals surface area contributed by atoms with Gasteiger partial charge < -0.3 is 11.1 Å². The molecule has 132 valence electrons. The van der Waals surface area contributed by atoms with Crippen molar-refractivity contribution in [2.45, 2.75) is 52.5 Å². The number of aryl methyl sites for hydroxylation is 1. The predicted molar refractivity (Wildman–Crippen MR) is 96.9 cm³/mol. The number of nitrogens with one attached hydrogen (secondary N) is 1. The van der Waals surface area contributed by atoms with Gasteiger partial charge in [-0.3, -0.25) is 14.5 Å². The molecular formula is C19H29N3O2. The van der Waals surface area contributed by atoms with Crippen molar-refractivity contribution >= 4 is 17.5 Å². The SMILES string of the molecule is Cc1cccc(C(C)C)c1NC(=O)[C@H](C)N1CCC(C(N)=O)CC1. The third-order valence-corrected chi connectivity index (χ3v) is 5.03. The smallest absolute Gasteiger partial charge is 0.241 e. The Balaban J connectivity index is 2.04. The molecule has 0 bridgehead atoms. The molecule has 1 saturated heterocycles. The molecule has 0 aliphatic carbocycles. The minimum atomic E-state index is -0.228. The van der Waals surface area contributed by atoms with Gasteiger partial charge in [-0.15, -0.1) is 0 Å². The molecule has 1 atom stereocenters. The zero-order chi connectivity index (χ0) is 17.9. The van der Waals surface area contributed by atoms with Gasteiger partial charge in [0.1, 0.15) is 0 Å². The first-order valence-electron chi connectivity index (χ1n) is 8.75. The number of hydrogen-bond acceptors (Lipinski definition) is 3. The fourth-order valence-electron chi connectivity index (χ4n) is 3.31. The quantitative estimate of drug-likeness (QED) is 0.871. The average molecular weight is 331 g/mol. The van der Waals surface area contributed by atoms with E-state index in [0.29, 0.717) is 5.92 Å². The van der Waals surface area contributed by atoms with E-state index in [9.17, 15) is 9.59 Å². The summed E-state index contributed by atoms with van der Waals surface area (Å²) >= 11 is 0. The maximum absolute atomic E-state index is 12.7. The molecule has 1 aromatic carbocycles. The maximum atomic E-state index is 12.7. The first-order valence-corrected chi connectivity index (χ1v) is 8.75. The van der Waals surface area contributed by atoms with Gasteiger partial charge >= 0.3 is 0 Å². The van der Waals surface area contributed by atoms with Gasteiger partial charge in [0.2, 0.25) is 11.8 Å². The zero-order valence-electron chi connectivity index (χ0n) is 15.1. The second-order valence-electron chi connectivity index (χ2n) is 7.07. The molecule has 2 rings (SSSR count). The molecule has 5 nitrogen and oxygen atoms in total. The van der Waals surface area contributed by atoms with Gasteiger partial charge in [0.15, 0.2) is 0 Å². The number of nitrogens with zero attached hydrogens (tertiary/aromatic N) is 1. The van der Waals surface area contributed by atoms with Crippen molar-refractivity contribution in [1.29, 1.82) is 0 Å². The summed E-state index contributed by atoms with van der Waals surface area (Å²) in [5, 5.41) is 3.12. The minimum absolute atomic E-state index is 0.00345. The molecule has 2 amide bonds. The van der Waals surface area contributed by atoms with E-state index in [0.717, 1.165) is 42.7 Å². The number of rotatable bonds is 5. The van der Waals surface area contributed by atoms with Crippen LogP contribution < -0.4 is 11.1 Å². The number of primary amides is 1. The molecule has 1 heterocycles. The monoisotopic (exact) mass is 331 g/mol. The van der Waals surface area contributed by atoms with Crippen molar-refractivity contribution in [3.05, 3.63) is 29.3 Å². The third-order valence-electron chi connectivity index (χ3n) is 5.03. The van der Waals surface area contributed by atoms with E-state index < -0.39 is 0 Å². The Bertz CT molecular complexity index is 605. The standard InChI is InChI=1S/C19H29N3O2/c1-12(2)16-7-5-6-13(3)17(16)21-19(24)14(4)22-10-8-15(9-11-22)18(20)23/h5-7,12,14-15H,8-11H2,1-4H3,(H2,20,23)(H,21,24)/t14-/m0/s1. The number of carbonyl (C=O) groups is 2. The number of carbonyl (C=O) groups excluding carboxylic acids is 2. The van der Waals surface area contributed by atoms with Crippen molar-refractivity contribution < 1.29 is 9.59 Å². The molecule has 0 saturated carbocycles. The first-order chi connectivity index (χ1) is 11.3. The summed E-state index contributed by atoms with van der Waals surface area (Å²) in [5.41, 5.74) is 8.54. The van der Waals surface area contributed by atoms with Crippen LogP contribution in [-0.4, -0.2) is 35.8 Å². The van der Waals surface area contributed by atoms with Gasteiger partial charge in [0.25, 0.3) is 0 Å². The van der Waals surface area contributed by atoms with E-state index in [1.807, 2.05) is 26.0 Å². The van der Waals surface area contributed by atoms with Gasteiger partial charge in [-0.2, -0.15) is 0 Å². The topological polar surface area (TPSA) is 75.4 Å². The van der Waals surface area contributed by atoms with Gasteiger partial charge in [-0.25, -0.2) is 0 Å². The van der Waals surface area contributed by atoms with E-state index in [1.165, 1.54) is 0 Å². The third kappa shape index (κ3) is 4.15. The number of hydrogen-bond donors (Lipinski definition) is 2. The number of benzene rings is 1. The van der Waals surface area contributed by atoms with Crippen LogP contribution in [0.3, 0.4) is 0 Å². The zero-order valence-corrected chi connectivity index (χ0v) is 15.1. The fourth-order valence-corrected chi connectivity index (χ4v) is 3.31. The van der Waals surface area contributed by atoms with Crippen LogP contribution in [0.5, 0.6) is 0 Å². The molecule has 3 N–H and O–H groups in total. The Kier molecular flexibility index (Phi) is 5.99. The van der Waals surface area contributed by atoms with E-state index in [2.05, 4.69) is 30.1 Å². The van der Waals surface area contributed by atoms with Crippen LogP contribution in [0.25, 0.3) is 0 Å². The van der Waals surface area contributed by atoms with E-state index in [1.54, 1.807) is 0 Å². The molecule has 5 heteroatoms. The summed E-state index contributed by atoms with van der Waals surface area (Å²) in [4.78, 5) is 26.1. The Labute approximate surface area is 144 Å². The van der Waals surface area contributed by atoms with Crippen LogP contribution in [-0.2, 0) is 9.59 Å². The highest BCUT2D eigenvalue weighted by atomic mass is 16.2. The lowest BCUT2D eigenvalue weighted by molar-refractivity contribution is -0.124. The molecular weight excluding hydrogens is 302 g/mol. The lowest BCUT2D eigenvalue weighted by Gasteiger charge is -2.34. The Morgan fingerprint density at radius 2 is 1.83 bits per heavy atom. The van der Waals surface area contributed by atoms with Crippen LogP contribution in [0.15, 0.2) is 18.2 Å². The van der Waals surface area contributed by atoms with Crippen LogP contribution >= 0.6 is 0 Å². The number of amides is 2. The molecule has 0 radical (unpaired) electrons. The molecule has 1 aliphatic rings. The van der Waals surface area contributed by atoms with Crippen molar-refractivity contribution in [3.8, 4) is 0 Å². The highest BCUT2D eigenvalue weighted by Gasteiger charge is 2.29. The van der Waals surface area contributed by atoms with Gasteiger partial charge in [-0.05, 0) is 56.8 Å². The number of piperidine rings is 1. The minimum Gasteiger partial charge on any atom is -0.369 e. The Morgan fingerprint density at radius 3 is 2.38 bits per heavy atom. The second-order valence-corrected chi connectivity index (χ2v) is 7.07. The number of likely N-dealkylation sites (tertiary alicyclic amines) is 1. The average Bonchev–Trinajstić information content (AvgIpc) is 2.55. The lowest BCUT2D eigenvalue weighted by atomic mass is 9.95. The van der Waals surface area contributed by atoms with Gasteiger partial charge in [0.05, 0.1) is 6.04 Å². The maximum Gasteiger partial charge on any atom is 0.241 e. The summed E-state index contributed by atoms with van der Waals surface area (Å²) < 4.78 is 0. The molecule has 0 aromatic heterocycles. The molecule has 1 aliphatic heterocycles. The van der Waals surface area contributed by atoms with Crippen LogP contribution in [0.4, 0.5) is 5.69 Å². The van der Waals surface area contributed by atoms with Crippen LogP contribution in [0, 0.1) is 12.8 Å². The number of para-hydroxylation sites is 1. The molecule has 1 fully saturated rings. The lowest BCUT2D eigenvalue weighted by Crippen LogP contribution is -2.47. The Hall–Kier alpha value is -1.88. The van der Waals surface area contributed by atoms with Gasteiger partial charge in [-0.1, -0.05) is 32.0 Å². The fraction of sp³-hybridized carbons (Fsp3) is 0.579. The van der Waals surface area contributed by atoms with E-state index in [4.69, 9.17) is 5.73 Å². The summed E-state index contributed by atoms with van der Waals surface area (Å²) in [6.07, 6.45) is 1.46.